The van der Waals surface area contributed by atoms with Crippen molar-refractivity contribution in [1.82, 2.24) is 4.72 Å². The minimum atomic E-state index is -3.35. The van der Waals surface area contributed by atoms with Gasteiger partial charge < -0.3 is 0 Å². The van der Waals surface area contributed by atoms with Crippen molar-refractivity contribution in [3.63, 3.8) is 0 Å². The van der Waals surface area contributed by atoms with Crippen LogP contribution < -0.4 is 4.72 Å². The molecule has 19 heavy (non-hydrogen) atoms. The van der Waals surface area contributed by atoms with Crippen LogP contribution in [0.5, 0.6) is 0 Å². The van der Waals surface area contributed by atoms with Crippen LogP contribution in [-0.4, -0.2) is 20.8 Å². The third-order valence-corrected chi connectivity index (χ3v) is 5.35. The summed E-state index contributed by atoms with van der Waals surface area (Å²) in [6.45, 7) is 0.538. The Balaban J connectivity index is 1.90. The predicted octanol–water partition coefficient (Wildman–Crippen LogP) is 2.94. The third kappa shape index (κ3) is 4.20. The molecule has 0 aromatic heterocycles. The summed E-state index contributed by atoms with van der Waals surface area (Å²) < 4.78 is 26.8. The molecular formula is C14H20ClNO2S. The maximum absolute atomic E-state index is 12.1. The highest BCUT2D eigenvalue weighted by Gasteiger charge is 2.19. The Hall–Kier alpha value is -0.580. The van der Waals surface area contributed by atoms with Crippen LogP contribution in [0.3, 0.4) is 0 Å². The number of benzene rings is 1. The van der Waals surface area contributed by atoms with Gasteiger partial charge in [0, 0.05) is 12.4 Å². The molecule has 1 aliphatic carbocycles. The normalized spacial score (nSPS) is 16.3. The van der Waals surface area contributed by atoms with Crippen LogP contribution in [0.25, 0.3) is 0 Å². The van der Waals surface area contributed by atoms with E-state index in [1.54, 1.807) is 12.1 Å². The maximum Gasteiger partial charge on any atom is 0.240 e. The molecule has 0 radical (unpaired) electrons. The van der Waals surface area contributed by atoms with Crippen LogP contribution in [-0.2, 0) is 16.4 Å². The number of sulfonamides is 1. The van der Waals surface area contributed by atoms with Crippen molar-refractivity contribution in [2.75, 3.05) is 12.4 Å². The van der Waals surface area contributed by atoms with E-state index in [9.17, 15) is 8.42 Å². The fourth-order valence-corrected chi connectivity index (χ4v) is 3.47. The molecule has 5 heteroatoms. The molecule has 0 unspecified atom stereocenters. The lowest BCUT2D eigenvalue weighted by Crippen LogP contribution is -2.27. The molecule has 1 aromatic rings. The van der Waals surface area contributed by atoms with Gasteiger partial charge in [-0.2, -0.15) is 0 Å². The summed E-state index contributed by atoms with van der Waals surface area (Å²) in [4.78, 5) is 0.333. The molecule has 1 N–H and O–H groups in total. The van der Waals surface area contributed by atoms with E-state index in [0.717, 1.165) is 18.4 Å². The van der Waals surface area contributed by atoms with Crippen molar-refractivity contribution < 1.29 is 8.42 Å². The fourth-order valence-electron chi connectivity index (χ4n) is 2.21. The lowest BCUT2D eigenvalue weighted by molar-refractivity contribution is 0.297. The first-order valence-corrected chi connectivity index (χ1v) is 8.78. The zero-order chi connectivity index (χ0) is 13.7. The number of aryl methyl sites for hydroxylation is 1. The average Bonchev–Trinajstić information content (AvgIpc) is 2.33. The van der Waals surface area contributed by atoms with Crippen LogP contribution in [0.1, 0.15) is 31.2 Å². The molecule has 0 saturated heterocycles. The van der Waals surface area contributed by atoms with Gasteiger partial charge in [0.2, 0.25) is 10.0 Å². The Morgan fingerprint density at radius 1 is 1.21 bits per heavy atom. The van der Waals surface area contributed by atoms with Gasteiger partial charge in [0.05, 0.1) is 4.90 Å². The Labute approximate surface area is 120 Å². The molecule has 1 aliphatic rings. The van der Waals surface area contributed by atoms with Crippen molar-refractivity contribution >= 4 is 21.6 Å². The quantitative estimate of drug-likeness (QED) is 0.787. The van der Waals surface area contributed by atoms with E-state index in [2.05, 4.69) is 4.72 Å². The highest BCUT2D eigenvalue weighted by molar-refractivity contribution is 7.89. The number of halogens is 1. The predicted molar refractivity (Wildman–Crippen MR) is 78.0 cm³/mol. The van der Waals surface area contributed by atoms with Crippen molar-refractivity contribution in [3.8, 4) is 0 Å². The van der Waals surface area contributed by atoms with Gasteiger partial charge in [0.25, 0.3) is 0 Å². The van der Waals surface area contributed by atoms with Crippen molar-refractivity contribution in [2.24, 2.45) is 5.92 Å². The largest absolute Gasteiger partial charge is 0.240 e. The Morgan fingerprint density at radius 3 is 2.42 bits per heavy atom. The fraction of sp³-hybridized carbons (Fsp3) is 0.571. The van der Waals surface area contributed by atoms with Crippen molar-refractivity contribution in [1.29, 1.82) is 0 Å². The second-order valence-electron chi connectivity index (χ2n) is 5.07. The first-order chi connectivity index (χ1) is 9.12. The Kier molecular flexibility index (Phi) is 5.25. The average molecular weight is 302 g/mol. The summed E-state index contributed by atoms with van der Waals surface area (Å²) >= 11 is 5.65. The summed E-state index contributed by atoms with van der Waals surface area (Å²) in [6, 6.07) is 6.94. The highest BCUT2D eigenvalue weighted by atomic mass is 35.5. The number of nitrogens with one attached hydrogen (secondary N) is 1. The monoisotopic (exact) mass is 301 g/mol. The van der Waals surface area contributed by atoms with E-state index < -0.39 is 10.0 Å². The van der Waals surface area contributed by atoms with Gasteiger partial charge in [0.15, 0.2) is 0 Å². The van der Waals surface area contributed by atoms with Gasteiger partial charge in [-0.3, -0.25) is 0 Å². The van der Waals surface area contributed by atoms with Crippen LogP contribution >= 0.6 is 11.6 Å². The van der Waals surface area contributed by atoms with E-state index in [0.29, 0.717) is 23.2 Å². The maximum atomic E-state index is 12.1. The molecule has 1 fully saturated rings. The molecule has 0 atom stereocenters. The molecular weight excluding hydrogens is 282 g/mol. The molecule has 0 heterocycles. The SMILES string of the molecule is O=S(=O)(NCCC1CCC1)c1ccc(CCCl)cc1. The van der Waals surface area contributed by atoms with Gasteiger partial charge in [-0.25, -0.2) is 13.1 Å². The molecule has 0 amide bonds. The summed E-state index contributed by atoms with van der Waals surface area (Å²) in [7, 11) is -3.35. The smallest absolute Gasteiger partial charge is 0.211 e. The molecule has 2 rings (SSSR count). The topological polar surface area (TPSA) is 46.2 Å². The standard InChI is InChI=1S/C14H20ClNO2S/c15-10-8-13-4-6-14(7-5-13)19(17,18)16-11-9-12-2-1-3-12/h4-7,12,16H,1-3,8-11H2. The summed E-state index contributed by atoms with van der Waals surface area (Å²) in [5, 5.41) is 0. The number of hydrogen-bond acceptors (Lipinski definition) is 2. The number of rotatable bonds is 7. The molecule has 1 saturated carbocycles. The molecule has 1 aromatic carbocycles. The van der Waals surface area contributed by atoms with Gasteiger partial charge in [0.1, 0.15) is 0 Å². The first-order valence-electron chi connectivity index (χ1n) is 6.76. The van der Waals surface area contributed by atoms with Crippen LogP contribution in [0.4, 0.5) is 0 Å². The van der Waals surface area contributed by atoms with Crippen LogP contribution in [0.15, 0.2) is 29.2 Å². The van der Waals surface area contributed by atoms with E-state index in [-0.39, 0.29) is 0 Å². The molecule has 0 bridgehead atoms. The van der Waals surface area contributed by atoms with E-state index >= 15 is 0 Å². The molecule has 106 valence electrons. The summed E-state index contributed by atoms with van der Waals surface area (Å²) in [5.41, 5.74) is 1.06. The summed E-state index contributed by atoms with van der Waals surface area (Å²) in [5.74, 6) is 1.26. The van der Waals surface area contributed by atoms with Crippen LogP contribution in [0, 0.1) is 5.92 Å². The van der Waals surface area contributed by atoms with Crippen molar-refractivity contribution in [3.05, 3.63) is 29.8 Å². The Morgan fingerprint density at radius 2 is 1.89 bits per heavy atom. The van der Waals surface area contributed by atoms with E-state index in [4.69, 9.17) is 11.6 Å². The second kappa shape index (κ2) is 6.73. The number of alkyl halides is 1. The molecule has 0 aliphatic heterocycles. The number of hydrogen-bond donors (Lipinski definition) is 1. The third-order valence-electron chi connectivity index (χ3n) is 3.69. The highest BCUT2D eigenvalue weighted by Crippen LogP contribution is 2.28. The first kappa shape index (κ1) is 14.8. The van der Waals surface area contributed by atoms with E-state index in [1.165, 1.54) is 19.3 Å². The molecule has 3 nitrogen and oxygen atoms in total. The van der Waals surface area contributed by atoms with Crippen LogP contribution in [0.2, 0.25) is 0 Å². The van der Waals surface area contributed by atoms with Crippen molar-refractivity contribution in [2.45, 2.75) is 37.0 Å². The van der Waals surface area contributed by atoms with Gasteiger partial charge in [-0.05, 0) is 36.5 Å². The lowest BCUT2D eigenvalue weighted by Gasteiger charge is -2.25. The second-order valence-corrected chi connectivity index (χ2v) is 7.21. The van der Waals surface area contributed by atoms with Gasteiger partial charge in [-0.15, -0.1) is 11.6 Å². The lowest BCUT2D eigenvalue weighted by atomic mass is 9.83. The minimum Gasteiger partial charge on any atom is -0.211 e. The van der Waals surface area contributed by atoms with Gasteiger partial charge in [-0.1, -0.05) is 31.4 Å². The minimum absolute atomic E-state index is 0.333. The molecule has 0 spiro atoms. The Bertz CT molecular complexity index is 495. The van der Waals surface area contributed by atoms with Gasteiger partial charge >= 0.3 is 0 Å². The van der Waals surface area contributed by atoms with E-state index in [1.807, 2.05) is 12.1 Å². The zero-order valence-corrected chi connectivity index (χ0v) is 12.5. The zero-order valence-electron chi connectivity index (χ0n) is 10.9. The summed E-state index contributed by atoms with van der Waals surface area (Å²) in [6.07, 6.45) is 5.49.